The molecule has 0 aliphatic heterocycles. The van der Waals surface area contributed by atoms with Crippen LogP contribution in [0.2, 0.25) is 5.02 Å². The number of hydrogen-bond donors (Lipinski definition) is 6. The summed E-state index contributed by atoms with van der Waals surface area (Å²) in [6.07, 6.45) is 1.76. The Morgan fingerprint density at radius 2 is 1.67 bits per heavy atom. The number of rotatable bonds is 18. The number of thiazole rings is 1. The maximum absolute atomic E-state index is 12.7. The van der Waals surface area contributed by atoms with Crippen LogP contribution in [-0.4, -0.2) is 70.4 Å². The normalized spacial score (nSPS) is 11.6. The first-order valence-corrected chi connectivity index (χ1v) is 17.7. The molecule has 2 aromatic heterocycles. The molecule has 13 nitrogen and oxygen atoms in total. The third-order valence-corrected chi connectivity index (χ3v) is 9.58. The average molecular weight is 808 g/mol. The molecule has 0 bridgehead atoms. The van der Waals surface area contributed by atoms with Crippen molar-refractivity contribution in [1.29, 1.82) is 10.5 Å². The topological polar surface area (TPSA) is 233 Å². The van der Waals surface area contributed by atoms with Crippen LogP contribution in [0.4, 0.5) is 5.82 Å². The number of aliphatic hydroxyl groups is 1. The van der Waals surface area contributed by atoms with Gasteiger partial charge in [0.2, 0.25) is 5.91 Å². The number of carboxylic acid groups (broad SMARTS) is 1. The maximum atomic E-state index is 12.7. The summed E-state index contributed by atoms with van der Waals surface area (Å²) in [6, 6.07) is 16.4. The van der Waals surface area contributed by atoms with E-state index in [9.17, 15) is 25.2 Å². The van der Waals surface area contributed by atoms with Crippen LogP contribution in [0.15, 0.2) is 58.9 Å². The van der Waals surface area contributed by atoms with Crippen LogP contribution < -0.4 is 26.8 Å². The lowest BCUT2D eigenvalue weighted by molar-refractivity contribution is -0.143. The van der Waals surface area contributed by atoms with Crippen molar-refractivity contribution in [2.24, 2.45) is 5.73 Å². The molecule has 52 heavy (non-hydrogen) atoms. The van der Waals surface area contributed by atoms with E-state index in [1.165, 1.54) is 23.1 Å². The highest BCUT2D eigenvalue weighted by atomic mass is 35.5. The number of nitrogens with two attached hydrogens (primary N) is 2. The van der Waals surface area contributed by atoms with Gasteiger partial charge in [-0.05, 0) is 49.2 Å². The van der Waals surface area contributed by atoms with Gasteiger partial charge >= 0.3 is 5.97 Å². The van der Waals surface area contributed by atoms with E-state index < -0.39 is 30.6 Å². The van der Waals surface area contributed by atoms with Crippen molar-refractivity contribution in [2.45, 2.75) is 42.1 Å². The third-order valence-electron chi connectivity index (χ3n) is 7.38. The number of nitrogen functional groups attached to an aromatic ring is 1. The Hall–Kier alpha value is -4.16. The summed E-state index contributed by atoms with van der Waals surface area (Å²) in [5.41, 5.74) is 14.8. The fraction of sp³-hybridized carbons (Fsp3) is 0.294. The number of carbonyl (C=O) groups excluding carboxylic acids is 1. The zero-order valence-electron chi connectivity index (χ0n) is 27.6. The molecule has 0 saturated heterocycles. The summed E-state index contributed by atoms with van der Waals surface area (Å²) in [5.74, 6) is -0.942. The second kappa shape index (κ2) is 22.0. The van der Waals surface area contributed by atoms with Crippen LogP contribution in [0.5, 0.6) is 5.75 Å². The van der Waals surface area contributed by atoms with Crippen LogP contribution in [0.25, 0.3) is 21.7 Å². The fourth-order valence-electron chi connectivity index (χ4n) is 4.83. The second-order valence-corrected chi connectivity index (χ2v) is 13.1. The number of amides is 1. The largest absolute Gasteiger partial charge is 0.492 e. The van der Waals surface area contributed by atoms with Crippen LogP contribution >= 0.6 is 59.5 Å². The number of anilines is 1. The van der Waals surface area contributed by atoms with E-state index in [-0.39, 0.29) is 54.9 Å². The zero-order chi connectivity index (χ0) is 36.0. The number of carboxylic acids is 1. The van der Waals surface area contributed by atoms with Crippen molar-refractivity contribution < 1.29 is 24.5 Å². The second-order valence-electron chi connectivity index (χ2n) is 10.8. The third kappa shape index (κ3) is 11.9. The summed E-state index contributed by atoms with van der Waals surface area (Å²) in [6.45, 7) is 0.165. The van der Waals surface area contributed by atoms with Crippen LogP contribution in [0.3, 0.4) is 0 Å². The van der Waals surface area contributed by atoms with E-state index in [0.717, 1.165) is 16.3 Å². The number of aliphatic carboxylic acids is 1. The van der Waals surface area contributed by atoms with Crippen LogP contribution in [0.1, 0.15) is 36.1 Å². The molecule has 0 spiro atoms. The van der Waals surface area contributed by atoms with Crippen LogP contribution in [0, 0.1) is 22.7 Å². The number of aliphatic hydroxyl groups excluding tert-OH is 1. The summed E-state index contributed by atoms with van der Waals surface area (Å²) in [4.78, 5) is 33.0. The van der Waals surface area contributed by atoms with Gasteiger partial charge in [0.15, 0.2) is 0 Å². The maximum Gasteiger partial charge on any atom is 0.328 e. The molecule has 0 aliphatic carbocycles. The molecule has 2 atom stereocenters. The Balaban J connectivity index is 0.00000468. The predicted octanol–water partition coefficient (Wildman–Crippen LogP) is 5.01. The SMILES string of the molecule is Cl.Cl.N#Cc1c(N)nc(SCc2csc(-c3ccc(Cl)cc3)n2)c(C#N)c1-c1ccc(OCCN[C@@H](CCCCN)C(=O)N[C@@H](CO)C(=O)O)cc1. The average Bonchev–Trinajstić information content (AvgIpc) is 3.59. The molecule has 0 saturated carbocycles. The Bertz CT molecular complexity index is 1870. The van der Waals surface area contributed by atoms with Gasteiger partial charge in [0.05, 0.1) is 23.9 Å². The lowest BCUT2D eigenvalue weighted by Crippen LogP contribution is -2.52. The molecule has 4 aromatic rings. The molecule has 0 unspecified atom stereocenters. The lowest BCUT2D eigenvalue weighted by Gasteiger charge is -2.21. The standard InChI is InChI=1S/C34H35ClN8O5S2.2ClH/c35-22-8-4-21(5-9-22)32-41-23(18-49-32)19-50-33-26(16-38)29(25(15-37)30(39)43-33)20-6-10-24(11-7-20)48-14-13-40-27(3-1-2-12-36)31(45)42-28(17-44)34(46)47;;/h4-11,18,27-28,40,44H,1-3,12-14,17,19,36H2,(H2,39,43)(H,42,45)(H,46,47);2*1H/t27-,28-;;/m0../s1. The monoisotopic (exact) mass is 806 g/mol. The van der Waals surface area contributed by atoms with E-state index in [4.69, 9.17) is 37.9 Å². The highest BCUT2D eigenvalue weighted by Gasteiger charge is 2.25. The number of thioether (sulfide) groups is 1. The minimum absolute atomic E-state index is 0. The number of carbonyl (C=O) groups is 2. The van der Waals surface area contributed by atoms with E-state index in [1.807, 2.05) is 17.5 Å². The number of benzene rings is 2. The number of pyridine rings is 1. The Kier molecular flexibility index (Phi) is 18.6. The van der Waals surface area contributed by atoms with Gasteiger partial charge in [0.25, 0.3) is 0 Å². The number of aromatic nitrogens is 2. The van der Waals surface area contributed by atoms with E-state index >= 15 is 0 Å². The van der Waals surface area contributed by atoms with Crippen LogP contribution in [-0.2, 0) is 15.3 Å². The minimum Gasteiger partial charge on any atom is -0.492 e. The van der Waals surface area contributed by atoms with E-state index in [1.54, 1.807) is 36.4 Å². The highest BCUT2D eigenvalue weighted by molar-refractivity contribution is 7.98. The Labute approximate surface area is 326 Å². The van der Waals surface area contributed by atoms with Gasteiger partial charge in [-0.25, -0.2) is 14.8 Å². The van der Waals surface area contributed by atoms with Crippen molar-refractivity contribution in [3.8, 4) is 39.6 Å². The van der Waals surface area contributed by atoms with Gasteiger partial charge in [-0.15, -0.1) is 36.2 Å². The number of ether oxygens (including phenoxy) is 1. The number of nitrogens with one attached hydrogen (secondary N) is 2. The van der Waals surface area contributed by atoms with Crippen molar-refractivity contribution in [3.63, 3.8) is 0 Å². The van der Waals surface area contributed by atoms with Gasteiger partial charge < -0.3 is 37.1 Å². The first-order valence-electron chi connectivity index (χ1n) is 15.5. The molecular formula is C34H37Cl3N8O5S2. The molecule has 0 radical (unpaired) electrons. The first-order chi connectivity index (χ1) is 24.2. The minimum atomic E-state index is -1.41. The predicted molar refractivity (Wildman–Crippen MR) is 207 cm³/mol. The van der Waals surface area contributed by atoms with Gasteiger partial charge in [-0.3, -0.25) is 4.79 Å². The molecule has 2 aromatic carbocycles. The summed E-state index contributed by atoms with van der Waals surface area (Å²) >= 11 is 8.80. The van der Waals surface area contributed by atoms with Crippen molar-refractivity contribution >= 4 is 77.2 Å². The Morgan fingerprint density at radius 3 is 2.29 bits per heavy atom. The molecule has 0 aliphatic rings. The molecule has 276 valence electrons. The van der Waals surface area contributed by atoms with Crippen molar-refractivity contribution in [2.75, 3.05) is 32.0 Å². The van der Waals surface area contributed by atoms with Gasteiger partial charge in [-0.1, -0.05) is 54.0 Å². The lowest BCUT2D eigenvalue weighted by atomic mass is 9.97. The zero-order valence-corrected chi connectivity index (χ0v) is 31.6. The fourth-order valence-corrected chi connectivity index (χ4v) is 6.77. The smallest absolute Gasteiger partial charge is 0.328 e. The molecule has 4 rings (SSSR count). The van der Waals surface area contributed by atoms with Gasteiger partial charge in [0.1, 0.15) is 52.0 Å². The first kappa shape index (κ1) is 44.0. The quantitative estimate of drug-likeness (QED) is 0.0574. The number of nitriles is 2. The van der Waals surface area contributed by atoms with E-state index in [2.05, 4.69) is 27.8 Å². The van der Waals surface area contributed by atoms with Gasteiger partial charge in [-0.2, -0.15) is 10.5 Å². The molecular weight excluding hydrogens is 771 g/mol. The van der Waals surface area contributed by atoms with Gasteiger partial charge in [0, 0.05) is 33.8 Å². The van der Waals surface area contributed by atoms with Crippen molar-refractivity contribution in [3.05, 3.63) is 75.8 Å². The highest BCUT2D eigenvalue weighted by Crippen LogP contribution is 2.37. The summed E-state index contributed by atoms with van der Waals surface area (Å²) in [5, 5.41) is 47.8. The van der Waals surface area contributed by atoms with E-state index in [0.29, 0.717) is 58.5 Å². The summed E-state index contributed by atoms with van der Waals surface area (Å²) < 4.78 is 5.85. The van der Waals surface area contributed by atoms with Crippen molar-refractivity contribution in [1.82, 2.24) is 20.6 Å². The molecule has 2 heterocycles. The molecule has 18 heteroatoms. The number of halogens is 3. The number of unbranched alkanes of at least 4 members (excludes halogenated alkanes) is 1. The molecule has 0 fully saturated rings. The summed E-state index contributed by atoms with van der Waals surface area (Å²) in [7, 11) is 0. The number of hydrogen-bond acceptors (Lipinski definition) is 13. The molecule has 8 N–H and O–H groups in total. The molecule has 1 amide bonds. The Morgan fingerprint density at radius 1 is 1.00 bits per heavy atom. The number of nitrogens with zero attached hydrogens (tertiary/aromatic N) is 4.